The van der Waals surface area contributed by atoms with Gasteiger partial charge in [0.1, 0.15) is 12.1 Å². The van der Waals surface area contributed by atoms with Crippen molar-refractivity contribution in [1.29, 1.82) is 0 Å². The largest absolute Gasteiger partial charge is 0.315 e. The maximum absolute atomic E-state index is 12.8. The highest BCUT2D eigenvalue weighted by Crippen LogP contribution is 2.14. The molecule has 17 heavy (non-hydrogen) atoms. The average molecular weight is 232 g/mol. The number of aliphatic imine (C=N–C) groups is 1. The molecule has 0 aliphatic carbocycles. The van der Waals surface area contributed by atoms with Gasteiger partial charge in [0.15, 0.2) is 0 Å². The fourth-order valence-electron chi connectivity index (χ4n) is 1.60. The van der Waals surface area contributed by atoms with Crippen LogP contribution in [0.5, 0.6) is 0 Å². The summed E-state index contributed by atoms with van der Waals surface area (Å²) in [5, 5.41) is 0. The van der Waals surface area contributed by atoms with Crippen LogP contribution in [0.3, 0.4) is 0 Å². The monoisotopic (exact) mass is 232 g/mol. The molecule has 0 atom stereocenters. The van der Waals surface area contributed by atoms with E-state index >= 15 is 0 Å². The Kier molecular flexibility index (Phi) is 3.18. The molecule has 0 spiro atoms. The van der Waals surface area contributed by atoms with E-state index in [2.05, 4.69) is 9.98 Å². The summed E-state index contributed by atoms with van der Waals surface area (Å²) in [6.45, 7) is 0. The van der Waals surface area contributed by atoms with Crippen molar-refractivity contribution in [3.05, 3.63) is 48.8 Å². The highest BCUT2D eigenvalue weighted by Gasteiger charge is 2.09. The molecule has 1 heterocycles. The van der Waals surface area contributed by atoms with E-state index in [1.54, 1.807) is 36.3 Å². The Bertz CT molecular complexity index is 502. The maximum Gasteiger partial charge on any atom is 0.210 e. The van der Waals surface area contributed by atoms with Gasteiger partial charge < -0.3 is 4.90 Å². The van der Waals surface area contributed by atoms with Crippen LogP contribution in [0.25, 0.3) is 0 Å². The topological polar surface area (TPSA) is 33.4 Å². The first-order valence-electron chi connectivity index (χ1n) is 5.17. The van der Waals surface area contributed by atoms with Crippen LogP contribution in [0.15, 0.2) is 48.0 Å². The minimum Gasteiger partial charge on any atom is -0.315 e. The molecule has 5 heteroatoms. The van der Waals surface area contributed by atoms with Crippen LogP contribution in [0.4, 0.5) is 10.1 Å². The van der Waals surface area contributed by atoms with Crippen molar-refractivity contribution >= 4 is 11.6 Å². The van der Waals surface area contributed by atoms with Gasteiger partial charge in [-0.25, -0.2) is 9.37 Å². The van der Waals surface area contributed by atoms with E-state index in [9.17, 15) is 4.39 Å². The molecule has 0 fully saturated rings. The van der Waals surface area contributed by atoms with E-state index in [1.807, 2.05) is 18.1 Å². The first-order chi connectivity index (χ1) is 8.22. The van der Waals surface area contributed by atoms with Crippen molar-refractivity contribution in [2.75, 3.05) is 19.0 Å². The first kappa shape index (κ1) is 11.3. The summed E-state index contributed by atoms with van der Waals surface area (Å²) in [6.07, 6.45) is 5.16. The third kappa shape index (κ3) is 2.33. The van der Waals surface area contributed by atoms with Gasteiger partial charge in [0.05, 0.1) is 0 Å². The van der Waals surface area contributed by atoms with Crippen molar-refractivity contribution in [3.63, 3.8) is 0 Å². The fraction of sp³-hybridized carbons (Fsp3) is 0.167. The minimum absolute atomic E-state index is 0.250. The third-order valence-electron chi connectivity index (χ3n) is 2.45. The molecule has 0 aliphatic rings. The van der Waals surface area contributed by atoms with Gasteiger partial charge in [0, 0.05) is 32.2 Å². The molecular formula is C12H13FN4. The Hall–Kier alpha value is -2.17. The van der Waals surface area contributed by atoms with Crippen LogP contribution in [0.2, 0.25) is 0 Å². The van der Waals surface area contributed by atoms with Crippen molar-refractivity contribution in [3.8, 4) is 0 Å². The van der Waals surface area contributed by atoms with Crippen LogP contribution >= 0.6 is 0 Å². The van der Waals surface area contributed by atoms with E-state index < -0.39 is 0 Å². The van der Waals surface area contributed by atoms with Gasteiger partial charge in [-0.15, -0.1) is 0 Å². The van der Waals surface area contributed by atoms with Crippen molar-refractivity contribution < 1.29 is 4.39 Å². The van der Waals surface area contributed by atoms with Gasteiger partial charge in [0.25, 0.3) is 0 Å². The zero-order chi connectivity index (χ0) is 12.3. The zero-order valence-corrected chi connectivity index (χ0v) is 9.71. The number of rotatable bonds is 1. The molecule has 0 unspecified atom stereocenters. The van der Waals surface area contributed by atoms with Gasteiger partial charge >= 0.3 is 0 Å². The van der Waals surface area contributed by atoms with Crippen LogP contribution in [-0.2, 0) is 0 Å². The van der Waals surface area contributed by atoms with Crippen LogP contribution in [0.1, 0.15) is 0 Å². The predicted octanol–water partition coefficient (Wildman–Crippen LogP) is 1.99. The van der Waals surface area contributed by atoms with Gasteiger partial charge in [0.2, 0.25) is 5.96 Å². The lowest BCUT2D eigenvalue weighted by Gasteiger charge is -2.21. The first-order valence-corrected chi connectivity index (χ1v) is 5.17. The Morgan fingerprint density at radius 3 is 2.59 bits per heavy atom. The second kappa shape index (κ2) is 4.78. The van der Waals surface area contributed by atoms with Gasteiger partial charge in [-0.1, -0.05) is 0 Å². The summed E-state index contributed by atoms with van der Waals surface area (Å²) in [4.78, 5) is 10.0. The standard InChI is InChI=1S/C12H13FN4/c1-14-12(17-8-7-15-9-17)16(2)11-5-3-10(13)4-6-11/h3-9H,1-2H3. The maximum atomic E-state index is 12.8. The normalized spacial score (nSPS) is 11.6. The Labute approximate surface area is 99.0 Å². The van der Waals surface area contributed by atoms with E-state index in [0.29, 0.717) is 5.96 Å². The minimum atomic E-state index is -0.250. The lowest BCUT2D eigenvalue weighted by molar-refractivity contribution is 0.628. The van der Waals surface area contributed by atoms with Crippen LogP contribution in [-0.4, -0.2) is 29.6 Å². The highest BCUT2D eigenvalue weighted by molar-refractivity contribution is 5.96. The summed E-state index contributed by atoms with van der Waals surface area (Å²) in [5.74, 6) is 0.467. The molecule has 0 N–H and O–H groups in total. The molecule has 4 nitrogen and oxygen atoms in total. The van der Waals surface area contributed by atoms with Crippen molar-refractivity contribution in [2.24, 2.45) is 4.99 Å². The van der Waals surface area contributed by atoms with Crippen LogP contribution in [0, 0.1) is 5.82 Å². The molecule has 0 saturated carbocycles. The summed E-state index contributed by atoms with van der Waals surface area (Å²) < 4.78 is 14.6. The van der Waals surface area contributed by atoms with Crippen LogP contribution < -0.4 is 4.90 Å². The van der Waals surface area contributed by atoms with E-state index in [1.165, 1.54) is 12.1 Å². The van der Waals surface area contributed by atoms with Crippen molar-refractivity contribution in [1.82, 2.24) is 9.55 Å². The average Bonchev–Trinajstić information content (AvgIpc) is 2.84. The van der Waals surface area contributed by atoms with E-state index in [0.717, 1.165) is 5.69 Å². The molecule has 0 bridgehead atoms. The zero-order valence-electron chi connectivity index (χ0n) is 9.71. The van der Waals surface area contributed by atoms with Gasteiger partial charge in [-0.05, 0) is 24.3 Å². The SMILES string of the molecule is CN=C(N(C)c1ccc(F)cc1)n1ccnc1. The second-order valence-corrected chi connectivity index (χ2v) is 3.53. The Morgan fingerprint density at radius 1 is 1.35 bits per heavy atom. The molecule has 2 rings (SSSR count). The lowest BCUT2D eigenvalue weighted by Crippen LogP contribution is -2.31. The number of imidazole rings is 1. The Morgan fingerprint density at radius 2 is 2.06 bits per heavy atom. The summed E-state index contributed by atoms with van der Waals surface area (Å²) in [7, 11) is 3.57. The predicted molar refractivity (Wildman–Crippen MR) is 65.8 cm³/mol. The number of aromatic nitrogens is 2. The number of benzene rings is 1. The van der Waals surface area contributed by atoms with Crippen molar-refractivity contribution in [2.45, 2.75) is 0 Å². The summed E-state index contributed by atoms with van der Waals surface area (Å²) >= 11 is 0. The van der Waals surface area contributed by atoms with E-state index in [4.69, 9.17) is 0 Å². The Balaban J connectivity index is 2.30. The third-order valence-corrected chi connectivity index (χ3v) is 2.45. The van der Waals surface area contributed by atoms with E-state index in [-0.39, 0.29) is 5.82 Å². The molecule has 0 amide bonds. The summed E-state index contributed by atoms with van der Waals surface area (Å²) in [6, 6.07) is 6.26. The molecule has 1 aromatic heterocycles. The van der Waals surface area contributed by atoms with Gasteiger partial charge in [-0.2, -0.15) is 0 Å². The number of halogens is 1. The lowest BCUT2D eigenvalue weighted by atomic mass is 10.3. The highest BCUT2D eigenvalue weighted by atomic mass is 19.1. The molecule has 2 aromatic rings. The fourth-order valence-corrected chi connectivity index (χ4v) is 1.60. The quantitative estimate of drug-likeness (QED) is 0.556. The number of hydrogen-bond donors (Lipinski definition) is 0. The molecule has 0 aliphatic heterocycles. The molecular weight excluding hydrogens is 219 g/mol. The van der Waals surface area contributed by atoms with Gasteiger partial charge in [-0.3, -0.25) is 9.56 Å². The summed E-state index contributed by atoms with van der Waals surface area (Å²) in [5.41, 5.74) is 0.862. The second-order valence-electron chi connectivity index (χ2n) is 3.53. The molecule has 0 saturated heterocycles. The smallest absolute Gasteiger partial charge is 0.210 e. The molecule has 0 radical (unpaired) electrons. The number of nitrogens with zero attached hydrogens (tertiary/aromatic N) is 4. The molecule has 1 aromatic carbocycles. The molecule has 88 valence electrons. The number of anilines is 1. The number of hydrogen-bond acceptors (Lipinski definition) is 2.